The van der Waals surface area contributed by atoms with Crippen LogP contribution in [0.1, 0.15) is 32.4 Å². The number of hydrogen-bond donors (Lipinski definition) is 2. The van der Waals surface area contributed by atoms with E-state index >= 15 is 0 Å². The Morgan fingerprint density at radius 1 is 1.35 bits per heavy atom. The molecule has 1 aromatic rings. The largest absolute Gasteiger partial charge is 0.357 e. The van der Waals surface area contributed by atoms with Gasteiger partial charge in [0.05, 0.1) is 12.2 Å². The molecule has 0 fully saturated rings. The highest BCUT2D eigenvalue weighted by Gasteiger charge is 2.03. The fourth-order valence-electron chi connectivity index (χ4n) is 1.46. The number of hydrogen-bond acceptors (Lipinski definition) is 4. The van der Waals surface area contributed by atoms with Crippen molar-refractivity contribution in [3.05, 3.63) is 11.1 Å². The fourth-order valence-corrected chi connectivity index (χ4v) is 2.21. The minimum Gasteiger partial charge on any atom is -0.357 e. The van der Waals surface area contributed by atoms with Crippen LogP contribution in [-0.4, -0.2) is 38.1 Å². The van der Waals surface area contributed by atoms with E-state index in [1.807, 2.05) is 19.0 Å². The number of halogens is 1. The van der Waals surface area contributed by atoms with Crippen LogP contribution in [0.15, 0.2) is 10.4 Å². The third-order valence-electron chi connectivity index (χ3n) is 2.49. The first kappa shape index (κ1) is 19.4. The summed E-state index contributed by atoms with van der Waals surface area (Å²) in [5.41, 5.74) is 1.02. The maximum absolute atomic E-state index is 4.55. The van der Waals surface area contributed by atoms with Crippen molar-refractivity contribution in [1.82, 2.24) is 15.6 Å². The standard InChI is InChI=1S/C13H25N5S.HI/c1-5-7-8-15-12(14-6-2)16-9-11-10-19-13(17-11)18(3)4;/h10H,5-9H2,1-4H3,(H2,14,15,16);1H. The summed E-state index contributed by atoms with van der Waals surface area (Å²) in [7, 11) is 4.00. The number of aromatic nitrogens is 1. The Morgan fingerprint density at radius 3 is 2.65 bits per heavy atom. The predicted molar refractivity (Wildman–Crippen MR) is 99.6 cm³/mol. The van der Waals surface area contributed by atoms with Crippen molar-refractivity contribution in [2.45, 2.75) is 33.2 Å². The summed E-state index contributed by atoms with van der Waals surface area (Å²) in [6.45, 7) is 6.71. The number of unbranched alkanes of at least 4 members (excludes halogenated alkanes) is 1. The molecule has 0 amide bonds. The lowest BCUT2D eigenvalue weighted by atomic mass is 10.3. The van der Waals surface area contributed by atoms with Crippen LogP contribution in [-0.2, 0) is 6.54 Å². The van der Waals surface area contributed by atoms with Crippen molar-refractivity contribution in [2.75, 3.05) is 32.1 Å². The Kier molecular flexibility index (Phi) is 10.8. The smallest absolute Gasteiger partial charge is 0.191 e. The molecule has 0 aliphatic rings. The van der Waals surface area contributed by atoms with E-state index in [1.165, 1.54) is 6.42 Å². The number of rotatable bonds is 7. The molecule has 0 spiro atoms. The molecule has 0 saturated heterocycles. The molecule has 0 atom stereocenters. The molecule has 0 bridgehead atoms. The lowest BCUT2D eigenvalue weighted by Crippen LogP contribution is -2.37. The van der Waals surface area contributed by atoms with E-state index in [0.29, 0.717) is 6.54 Å². The van der Waals surface area contributed by atoms with Gasteiger partial charge in [-0.2, -0.15) is 0 Å². The number of anilines is 1. The highest BCUT2D eigenvalue weighted by molar-refractivity contribution is 14.0. The Labute approximate surface area is 143 Å². The van der Waals surface area contributed by atoms with Gasteiger partial charge in [-0.3, -0.25) is 0 Å². The van der Waals surface area contributed by atoms with Crippen LogP contribution in [0, 0.1) is 0 Å². The monoisotopic (exact) mass is 411 g/mol. The van der Waals surface area contributed by atoms with Gasteiger partial charge in [-0.05, 0) is 13.3 Å². The quantitative estimate of drug-likeness (QED) is 0.314. The molecule has 0 unspecified atom stereocenters. The van der Waals surface area contributed by atoms with Crippen LogP contribution in [0.3, 0.4) is 0 Å². The van der Waals surface area contributed by atoms with E-state index in [9.17, 15) is 0 Å². The highest BCUT2D eigenvalue weighted by atomic mass is 127. The van der Waals surface area contributed by atoms with Crippen molar-refractivity contribution < 1.29 is 0 Å². The van der Waals surface area contributed by atoms with Gasteiger partial charge in [-0.1, -0.05) is 13.3 Å². The molecule has 1 heterocycles. The van der Waals surface area contributed by atoms with Gasteiger partial charge in [0.2, 0.25) is 0 Å². The van der Waals surface area contributed by atoms with Gasteiger partial charge in [0.1, 0.15) is 0 Å². The zero-order valence-electron chi connectivity index (χ0n) is 12.8. The summed E-state index contributed by atoms with van der Waals surface area (Å²) in [6.07, 6.45) is 2.34. The third kappa shape index (κ3) is 7.28. The summed E-state index contributed by atoms with van der Waals surface area (Å²) in [6, 6.07) is 0. The van der Waals surface area contributed by atoms with Gasteiger partial charge in [-0.15, -0.1) is 35.3 Å². The average Bonchev–Trinajstić information content (AvgIpc) is 2.85. The first-order valence-electron chi connectivity index (χ1n) is 6.81. The van der Waals surface area contributed by atoms with E-state index < -0.39 is 0 Å². The van der Waals surface area contributed by atoms with Crippen LogP contribution in [0.25, 0.3) is 0 Å². The topological polar surface area (TPSA) is 52.6 Å². The second-order valence-corrected chi connectivity index (χ2v) is 5.33. The second-order valence-electron chi connectivity index (χ2n) is 4.49. The number of nitrogens with zero attached hydrogens (tertiary/aromatic N) is 3. The third-order valence-corrected chi connectivity index (χ3v) is 3.55. The zero-order valence-corrected chi connectivity index (χ0v) is 15.9. The van der Waals surface area contributed by atoms with E-state index in [4.69, 9.17) is 0 Å². The van der Waals surface area contributed by atoms with Gasteiger partial charge < -0.3 is 15.5 Å². The summed E-state index contributed by atoms with van der Waals surface area (Å²) in [5.74, 6) is 0.871. The van der Waals surface area contributed by atoms with E-state index in [1.54, 1.807) is 11.3 Å². The van der Waals surface area contributed by atoms with Gasteiger partial charge in [0.25, 0.3) is 0 Å². The zero-order chi connectivity index (χ0) is 14.1. The summed E-state index contributed by atoms with van der Waals surface area (Å²) >= 11 is 1.65. The van der Waals surface area contributed by atoms with Crippen molar-refractivity contribution >= 4 is 46.4 Å². The number of guanidine groups is 1. The van der Waals surface area contributed by atoms with Crippen molar-refractivity contribution in [2.24, 2.45) is 4.99 Å². The van der Waals surface area contributed by atoms with Crippen LogP contribution in [0.5, 0.6) is 0 Å². The Morgan fingerprint density at radius 2 is 2.10 bits per heavy atom. The summed E-state index contributed by atoms with van der Waals surface area (Å²) in [5, 5.41) is 9.66. The lowest BCUT2D eigenvalue weighted by molar-refractivity contribution is 0.729. The van der Waals surface area contributed by atoms with Crippen LogP contribution in [0.2, 0.25) is 0 Å². The van der Waals surface area contributed by atoms with Gasteiger partial charge in [0.15, 0.2) is 11.1 Å². The molecule has 0 aliphatic heterocycles. The highest BCUT2D eigenvalue weighted by Crippen LogP contribution is 2.18. The summed E-state index contributed by atoms with van der Waals surface area (Å²) < 4.78 is 0. The van der Waals surface area contributed by atoms with Crippen LogP contribution < -0.4 is 15.5 Å². The van der Waals surface area contributed by atoms with Crippen LogP contribution in [0.4, 0.5) is 5.13 Å². The molecule has 116 valence electrons. The normalized spacial score (nSPS) is 10.9. The summed E-state index contributed by atoms with van der Waals surface area (Å²) in [4.78, 5) is 11.1. The first-order valence-corrected chi connectivity index (χ1v) is 7.69. The average molecular weight is 411 g/mol. The maximum Gasteiger partial charge on any atom is 0.191 e. The predicted octanol–water partition coefficient (Wildman–Crippen LogP) is 2.68. The molecule has 0 saturated carbocycles. The number of aliphatic imine (C=N–C) groups is 1. The van der Waals surface area contributed by atoms with E-state index in [0.717, 1.165) is 36.3 Å². The number of thiazole rings is 1. The fraction of sp³-hybridized carbons (Fsp3) is 0.692. The maximum atomic E-state index is 4.55. The van der Waals surface area contributed by atoms with Crippen molar-refractivity contribution in [3.63, 3.8) is 0 Å². The molecule has 0 aromatic carbocycles. The van der Waals surface area contributed by atoms with E-state index in [-0.39, 0.29) is 24.0 Å². The molecule has 1 rings (SSSR count). The molecule has 20 heavy (non-hydrogen) atoms. The van der Waals surface area contributed by atoms with Gasteiger partial charge >= 0.3 is 0 Å². The SMILES string of the molecule is CCCCNC(=NCc1csc(N(C)C)n1)NCC.I. The number of nitrogens with one attached hydrogen (secondary N) is 2. The Balaban J connectivity index is 0.00000361. The van der Waals surface area contributed by atoms with Gasteiger partial charge in [-0.25, -0.2) is 9.98 Å². The molecule has 0 aliphatic carbocycles. The lowest BCUT2D eigenvalue weighted by Gasteiger charge is -2.10. The van der Waals surface area contributed by atoms with Crippen molar-refractivity contribution in [3.8, 4) is 0 Å². The molecule has 5 nitrogen and oxygen atoms in total. The minimum atomic E-state index is 0. The molecular formula is C13H26IN5S. The Bertz CT molecular complexity index is 392. The second kappa shape index (κ2) is 11.1. The minimum absolute atomic E-state index is 0. The first-order chi connectivity index (χ1) is 9.17. The van der Waals surface area contributed by atoms with Crippen LogP contribution >= 0.6 is 35.3 Å². The molecule has 2 N–H and O–H groups in total. The molecule has 7 heteroatoms. The molecule has 0 radical (unpaired) electrons. The van der Waals surface area contributed by atoms with Gasteiger partial charge in [0, 0.05) is 32.6 Å². The molecule has 1 aromatic heterocycles. The Hall–Kier alpha value is -0.570. The molecular weight excluding hydrogens is 385 g/mol. The van der Waals surface area contributed by atoms with Crippen molar-refractivity contribution in [1.29, 1.82) is 0 Å². The van der Waals surface area contributed by atoms with E-state index in [2.05, 4.69) is 39.8 Å².